The van der Waals surface area contributed by atoms with Gasteiger partial charge in [0, 0.05) is 0 Å². The number of fused-ring (bicyclic) bond motifs is 1. The quantitative estimate of drug-likeness (QED) is 0.733. The Bertz CT molecular complexity index is 453. The van der Waals surface area contributed by atoms with Crippen LogP contribution in [0.4, 0.5) is 4.39 Å². The fraction of sp³-hybridized carbons (Fsp3) is 0.125. The molecule has 68 valence electrons. The van der Waals surface area contributed by atoms with Crippen LogP contribution in [0.3, 0.4) is 0 Å². The van der Waals surface area contributed by atoms with E-state index in [1.165, 1.54) is 6.07 Å². The van der Waals surface area contributed by atoms with E-state index in [0.717, 1.165) is 0 Å². The molecule has 0 unspecified atom stereocenters. The van der Waals surface area contributed by atoms with Gasteiger partial charge in [-0.25, -0.2) is 9.37 Å². The van der Waals surface area contributed by atoms with Crippen molar-refractivity contribution in [3.63, 3.8) is 0 Å². The summed E-state index contributed by atoms with van der Waals surface area (Å²) in [7, 11) is 0. The summed E-state index contributed by atoms with van der Waals surface area (Å²) in [5, 5.41) is 0.0696. The van der Waals surface area contributed by atoms with Crippen LogP contribution in [0.5, 0.6) is 0 Å². The highest BCUT2D eigenvalue weighted by atomic mass is 35.5. The molecule has 0 saturated carbocycles. The number of nitrogens with one attached hydrogen (secondary N) is 1. The topological polar surface area (TPSA) is 28.7 Å². The van der Waals surface area contributed by atoms with Crippen LogP contribution in [0.2, 0.25) is 5.02 Å². The summed E-state index contributed by atoms with van der Waals surface area (Å²) in [6, 6.07) is 3.15. The van der Waals surface area contributed by atoms with Crippen molar-refractivity contribution in [1.29, 1.82) is 0 Å². The van der Waals surface area contributed by atoms with E-state index in [9.17, 15) is 4.39 Å². The molecule has 1 aromatic heterocycles. The average Bonchev–Trinajstić information content (AvgIpc) is 2.55. The summed E-state index contributed by atoms with van der Waals surface area (Å²) in [5.74, 6) is 0.260. The van der Waals surface area contributed by atoms with Crippen LogP contribution < -0.4 is 0 Å². The summed E-state index contributed by atoms with van der Waals surface area (Å²) < 4.78 is 13.3. The fourth-order valence-electron chi connectivity index (χ4n) is 1.13. The van der Waals surface area contributed by atoms with Gasteiger partial charge in [-0.3, -0.25) is 0 Å². The highest BCUT2D eigenvalue weighted by Gasteiger charge is 2.09. The third-order valence-corrected chi connectivity index (χ3v) is 2.27. The summed E-state index contributed by atoms with van der Waals surface area (Å²) in [6.45, 7) is 0. The van der Waals surface area contributed by atoms with Crippen molar-refractivity contribution in [2.75, 3.05) is 0 Å². The average molecular weight is 219 g/mol. The molecule has 0 atom stereocenters. The molecule has 1 aromatic carbocycles. The number of aromatic nitrogens is 2. The highest BCUT2D eigenvalue weighted by Crippen LogP contribution is 2.22. The van der Waals surface area contributed by atoms with Crippen molar-refractivity contribution < 1.29 is 4.39 Å². The second-order valence-electron chi connectivity index (χ2n) is 2.57. The zero-order valence-electron chi connectivity index (χ0n) is 6.44. The van der Waals surface area contributed by atoms with Crippen LogP contribution in [0.1, 0.15) is 5.82 Å². The van der Waals surface area contributed by atoms with Gasteiger partial charge in [0.05, 0.1) is 16.4 Å². The Kier molecular flexibility index (Phi) is 2.14. The van der Waals surface area contributed by atoms with E-state index < -0.39 is 5.82 Å². The molecule has 1 N–H and O–H groups in total. The molecule has 0 aliphatic heterocycles. The Morgan fingerprint density at radius 2 is 2.23 bits per heavy atom. The van der Waals surface area contributed by atoms with Crippen LogP contribution >= 0.6 is 23.2 Å². The molecule has 0 amide bonds. The number of alkyl halides is 1. The number of hydrogen-bond donors (Lipinski definition) is 1. The number of aromatic amines is 1. The lowest BCUT2D eigenvalue weighted by Gasteiger charge is -1.92. The largest absolute Gasteiger partial charge is 0.341 e. The molecule has 5 heteroatoms. The summed E-state index contributed by atoms with van der Waals surface area (Å²) in [5.41, 5.74) is 0.848. The summed E-state index contributed by atoms with van der Waals surface area (Å²) in [6.07, 6.45) is 0. The van der Waals surface area contributed by atoms with Crippen LogP contribution in [0.25, 0.3) is 11.0 Å². The van der Waals surface area contributed by atoms with Crippen molar-refractivity contribution in [2.45, 2.75) is 5.88 Å². The van der Waals surface area contributed by atoms with E-state index in [0.29, 0.717) is 11.3 Å². The summed E-state index contributed by atoms with van der Waals surface area (Å²) in [4.78, 5) is 6.82. The Hall–Kier alpha value is -0.800. The monoisotopic (exact) mass is 218 g/mol. The van der Waals surface area contributed by atoms with Gasteiger partial charge in [0.2, 0.25) is 0 Å². The number of nitrogens with zero attached hydrogens (tertiary/aromatic N) is 1. The van der Waals surface area contributed by atoms with Crippen molar-refractivity contribution in [2.24, 2.45) is 0 Å². The Balaban J connectivity index is 2.76. The van der Waals surface area contributed by atoms with Gasteiger partial charge in [-0.05, 0) is 12.1 Å². The Morgan fingerprint density at radius 3 is 2.92 bits per heavy atom. The normalized spacial score (nSPS) is 11.0. The molecule has 0 bridgehead atoms. The lowest BCUT2D eigenvalue weighted by Crippen LogP contribution is -1.80. The van der Waals surface area contributed by atoms with Gasteiger partial charge in [0.15, 0.2) is 5.82 Å². The maximum atomic E-state index is 13.3. The molecule has 2 rings (SSSR count). The molecule has 0 aliphatic carbocycles. The van der Waals surface area contributed by atoms with E-state index in [1.807, 2.05) is 0 Å². The number of imidazole rings is 1. The fourth-order valence-corrected chi connectivity index (χ4v) is 1.41. The van der Waals surface area contributed by atoms with Gasteiger partial charge in [0.25, 0.3) is 0 Å². The molecule has 2 aromatic rings. The van der Waals surface area contributed by atoms with E-state index in [2.05, 4.69) is 9.97 Å². The number of hydrogen-bond acceptors (Lipinski definition) is 1. The second kappa shape index (κ2) is 3.16. The molecule has 0 spiro atoms. The minimum absolute atomic E-state index is 0.0696. The number of halogens is 3. The molecule has 0 fully saturated rings. The SMILES string of the molecule is Fc1c(Cl)ccc2[nH]c(CCl)nc12. The van der Waals surface area contributed by atoms with Gasteiger partial charge in [0.1, 0.15) is 11.3 Å². The van der Waals surface area contributed by atoms with Gasteiger partial charge < -0.3 is 4.98 Å². The van der Waals surface area contributed by atoms with Gasteiger partial charge in [-0.2, -0.15) is 0 Å². The number of H-pyrrole nitrogens is 1. The first-order valence-corrected chi connectivity index (χ1v) is 4.52. The zero-order chi connectivity index (χ0) is 9.42. The zero-order valence-corrected chi connectivity index (χ0v) is 7.95. The predicted octanol–water partition coefficient (Wildman–Crippen LogP) is 3.09. The molecule has 1 heterocycles. The minimum Gasteiger partial charge on any atom is -0.341 e. The maximum Gasteiger partial charge on any atom is 0.169 e. The van der Waals surface area contributed by atoms with Crippen molar-refractivity contribution in [3.05, 3.63) is 28.8 Å². The van der Waals surface area contributed by atoms with Crippen LogP contribution in [-0.4, -0.2) is 9.97 Å². The third-order valence-electron chi connectivity index (χ3n) is 1.72. The molecule has 13 heavy (non-hydrogen) atoms. The highest BCUT2D eigenvalue weighted by molar-refractivity contribution is 6.31. The first kappa shape index (κ1) is 8.78. The molecular formula is C8H5Cl2FN2. The molecule has 0 radical (unpaired) electrons. The number of rotatable bonds is 1. The third kappa shape index (κ3) is 1.38. The van der Waals surface area contributed by atoms with Crippen LogP contribution in [0.15, 0.2) is 12.1 Å². The Morgan fingerprint density at radius 1 is 1.46 bits per heavy atom. The number of benzene rings is 1. The van der Waals surface area contributed by atoms with E-state index in [1.54, 1.807) is 6.07 Å². The molecule has 0 saturated heterocycles. The van der Waals surface area contributed by atoms with Crippen molar-refractivity contribution in [3.8, 4) is 0 Å². The minimum atomic E-state index is -0.508. The van der Waals surface area contributed by atoms with Crippen LogP contribution in [0, 0.1) is 5.82 Å². The van der Waals surface area contributed by atoms with E-state index >= 15 is 0 Å². The van der Waals surface area contributed by atoms with Gasteiger partial charge >= 0.3 is 0 Å². The van der Waals surface area contributed by atoms with Gasteiger partial charge in [-0.1, -0.05) is 11.6 Å². The molecular weight excluding hydrogens is 214 g/mol. The van der Waals surface area contributed by atoms with Crippen molar-refractivity contribution >= 4 is 34.2 Å². The molecule has 2 nitrogen and oxygen atoms in total. The van der Waals surface area contributed by atoms with Gasteiger partial charge in [-0.15, -0.1) is 11.6 Å². The molecule has 0 aliphatic rings. The first-order valence-electron chi connectivity index (χ1n) is 3.61. The van der Waals surface area contributed by atoms with Crippen LogP contribution in [-0.2, 0) is 5.88 Å². The van der Waals surface area contributed by atoms with Crippen molar-refractivity contribution in [1.82, 2.24) is 9.97 Å². The predicted molar refractivity (Wildman–Crippen MR) is 50.6 cm³/mol. The lowest BCUT2D eigenvalue weighted by atomic mass is 10.3. The smallest absolute Gasteiger partial charge is 0.169 e. The van der Waals surface area contributed by atoms with E-state index in [4.69, 9.17) is 23.2 Å². The lowest BCUT2D eigenvalue weighted by molar-refractivity contribution is 0.637. The second-order valence-corrected chi connectivity index (χ2v) is 3.25. The standard InChI is InChI=1S/C8H5Cl2FN2/c9-3-6-12-5-2-1-4(10)7(11)8(5)13-6/h1-2H,3H2,(H,12,13). The van der Waals surface area contributed by atoms with E-state index in [-0.39, 0.29) is 16.4 Å². The first-order chi connectivity index (χ1) is 6.22. The summed E-state index contributed by atoms with van der Waals surface area (Å²) >= 11 is 11.1. The maximum absolute atomic E-state index is 13.3. The Labute approximate surface area is 83.7 Å².